The van der Waals surface area contributed by atoms with Crippen molar-refractivity contribution in [3.8, 4) is 0 Å². The predicted molar refractivity (Wildman–Crippen MR) is 128 cm³/mol. The van der Waals surface area contributed by atoms with E-state index >= 15 is 0 Å². The van der Waals surface area contributed by atoms with Crippen LogP contribution >= 0.6 is 12.2 Å². The summed E-state index contributed by atoms with van der Waals surface area (Å²) in [6.45, 7) is 3.69. The highest BCUT2D eigenvalue weighted by molar-refractivity contribution is 7.71. The first kappa shape index (κ1) is 29.9. The monoisotopic (exact) mass is 539 g/mol. The lowest BCUT2D eigenvalue weighted by atomic mass is 10.3. The average Bonchev–Trinajstić information content (AvgIpc) is 2.80. The predicted octanol–water partition coefficient (Wildman–Crippen LogP) is -1.10. The number of hydrogen-bond donors (Lipinski definition) is 7. The highest BCUT2D eigenvalue weighted by atomic mass is 32.1. The molecule has 8 N–H and O–H groups in total. The highest BCUT2D eigenvalue weighted by Crippen LogP contribution is 2.01. The fraction of sp³-hybridized carbons (Fsp3) is 0.211. The van der Waals surface area contributed by atoms with E-state index in [0.717, 1.165) is 12.4 Å². The molecule has 0 radical (unpaired) electrons. The molecular formula is C19H21N7O10S. The maximum Gasteiger partial charge on any atom is 0.346 e. The second kappa shape index (κ2) is 14.3. The lowest BCUT2D eigenvalue weighted by molar-refractivity contribution is 0.0514. The molecule has 0 aliphatic heterocycles. The number of esters is 2. The Morgan fingerprint density at radius 1 is 0.892 bits per heavy atom. The van der Waals surface area contributed by atoms with Gasteiger partial charge in [-0.2, -0.15) is 0 Å². The molecule has 0 saturated heterocycles. The molecule has 0 atom stereocenters. The number of carbonyl (C=O) groups is 3. The molecule has 0 fully saturated rings. The molecule has 0 unspecified atom stereocenters. The average molecular weight is 539 g/mol. The summed E-state index contributed by atoms with van der Waals surface area (Å²) in [7, 11) is 0. The number of rotatable bonds is 5. The van der Waals surface area contributed by atoms with Gasteiger partial charge in [-0.3, -0.25) is 24.5 Å². The number of carboxylic acid groups (broad SMARTS) is 1. The van der Waals surface area contributed by atoms with E-state index in [4.69, 9.17) is 10.8 Å². The summed E-state index contributed by atoms with van der Waals surface area (Å²) < 4.78 is 9.38. The first-order valence-electron chi connectivity index (χ1n) is 9.97. The number of anilines is 1. The van der Waals surface area contributed by atoms with Crippen molar-refractivity contribution in [1.29, 1.82) is 0 Å². The Labute approximate surface area is 209 Å². The topological polar surface area (TPSA) is 276 Å². The Morgan fingerprint density at radius 2 is 1.41 bits per heavy atom. The first-order chi connectivity index (χ1) is 17.4. The Hall–Kier alpha value is -5.13. The van der Waals surface area contributed by atoms with Gasteiger partial charge in [0.05, 0.1) is 19.4 Å². The lowest BCUT2D eigenvalue weighted by Crippen LogP contribution is -2.27. The SMILES string of the molecule is CCOC(=O)c1c[nH]c(=O)[nH]c1=O.CCOC(=O)c1c[nH]c(=S)[nH]c1=O.Nc1[nH]c(=O)ncc1C(=O)O. The van der Waals surface area contributed by atoms with E-state index in [1.54, 1.807) is 13.8 Å². The van der Waals surface area contributed by atoms with Gasteiger partial charge in [0.1, 0.15) is 22.5 Å². The smallest absolute Gasteiger partial charge is 0.346 e. The third kappa shape index (κ3) is 9.56. The number of carboxylic acids is 1. The van der Waals surface area contributed by atoms with Crippen LogP contribution in [0.2, 0.25) is 0 Å². The van der Waals surface area contributed by atoms with Crippen molar-refractivity contribution in [3.05, 3.63) is 81.7 Å². The molecule has 198 valence electrons. The number of nitrogens with zero attached hydrogens (tertiary/aromatic N) is 1. The molecule has 18 heteroatoms. The molecule has 17 nitrogen and oxygen atoms in total. The Balaban J connectivity index is 0.000000279. The third-order valence-corrected chi connectivity index (χ3v) is 3.92. The standard InChI is InChI=1S/C7H8N2O4.C7H8N2O3S.C5H5N3O3/c1-2-13-6(11)4-3-8-7(12)9-5(4)10;1-2-12-6(11)4-3-8-7(13)9-5(4)10;6-3-2(4(9)10)1-7-5(11)8-3/h3H,2H2,1H3,(H2,8,9,10,12);3H,2H2,1H3,(H2,8,9,10,13);1H,(H,9,10)(H3,6,7,8,11). The van der Waals surface area contributed by atoms with Gasteiger partial charge in [-0.25, -0.2) is 29.0 Å². The summed E-state index contributed by atoms with van der Waals surface area (Å²) in [5.41, 5.74) is 2.06. The highest BCUT2D eigenvalue weighted by Gasteiger charge is 2.11. The number of ether oxygens (including phenoxy) is 2. The molecule has 3 rings (SSSR count). The van der Waals surface area contributed by atoms with E-state index < -0.39 is 40.4 Å². The molecule has 0 aromatic carbocycles. The molecule has 3 aromatic rings. The minimum absolute atomic E-state index is 0.0737. The minimum atomic E-state index is -1.22. The first-order valence-corrected chi connectivity index (χ1v) is 10.4. The zero-order chi connectivity index (χ0) is 28.1. The fourth-order valence-corrected chi connectivity index (χ4v) is 2.27. The molecule has 3 aromatic heterocycles. The summed E-state index contributed by atoms with van der Waals surface area (Å²) >= 11 is 4.65. The van der Waals surface area contributed by atoms with Crippen LogP contribution in [0.5, 0.6) is 0 Å². The summed E-state index contributed by atoms with van der Waals surface area (Å²) in [5.74, 6) is -2.81. The number of aromatic amines is 5. The van der Waals surface area contributed by atoms with Crippen molar-refractivity contribution in [2.24, 2.45) is 0 Å². The van der Waals surface area contributed by atoms with E-state index in [1.165, 1.54) is 6.20 Å². The molecule has 3 heterocycles. The summed E-state index contributed by atoms with van der Waals surface area (Å²) in [5, 5.41) is 8.41. The van der Waals surface area contributed by atoms with Gasteiger partial charge < -0.3 is 30.3 Å². The molecular weight excluding hydrogens is 518 g/mol. The quantitative estimate of drug-likeness (QED) is 0.150. The van der Waals surface area contributed by atoms with Gasteiger partial charge in [0.15, 0.2) is 4.77 Å². The van der Waals surface area contributed by atoms with E-state index in [-0.39, 0.29) is 40.5 Å². The molecule has 37 heavy (non-hydrogen) atoms. The van der Waals surface area contributed by atoms with Crippen molar-refractivity contribution in [2.75, 3.05) is 18.9 Å². The molecule has 0 saturated carbocycles. The van der Waals surface area contributed by atoms with Crippen LogP contribution in [0.4, 0.5) is 5.82 Å². The van der Waals surface area contributed by atoms with Crippen molar-refractivity contribution < 1.29 is 29.0 Å². The second-order valence-electron chi connectivity index (χ2n) is 6.23. The third-order valence-electron chi connectivity index (χ3n) is 3.70. The van der Waals surface area contributed by atoms with Crippen LogP contribution < -0.4 is 28.2 Å². The van der Waals surface area contributed by atoms with Crippen LogP contribution in [0.15, 0.2) is 37.8 Å². The van der Waals surface area contributed by atoms with Gasteiger partial charge in [-0.1, -0.05) is 0 Å². The number of aromatic carboxylic acids is 1. The zero-order valence-corrected chi connectivity index (χ0v) is 20.0. The molecule has 0 bridgehead atoms. The number of carbonyl (C=O) groups excluding carboxylic acids is 2. The van der Waals surface area contributed by atoms with Crippen molar-refractivity contribution in [1.82, 2.24) is 29.9 Å². The second-order valence-corrected chi connectivity index (χ2v) is 6.64. The largest absolute Gasteiger partial charge is 0.478 e. The number of nitrogens with one attached hydrogen (secondary N) is 5. The van der Waals surface area contributed by atoms with Crippen molar-refractivity contribution in [3.63, 3.8) is 0 Å². The van der Waals surface area contributed by atoms with Crippen molar-refractivity contribution in [2.45, 2.75) is 13.8 Å². The number of nitrogen functional groups attached to an aromatic ring is 1. The summed E-state index contributed by atoms with van der Waals surface area (Å²) in [4.78, 5) is 89.6. The molecule has 0 aliphatic carbocycles. The van der Waals surface area contributed by atoms with Crippen LogP contribution in [0, 0.1) is 4.77 Å². The van der Waals surface area contributed by atoms with Gasteiger partial charge >= 0.3 is 29.3 Å². The number of H-pyrrole nitrogens is 5. The number of nitrogens with two attached hydrogens (primary N) is 1. The normalized spacial score (nSPS) is 9.57. The van der Waals surface area contributed by atoms with Crippen LogP contribution in [0.3, 0.4) is 0 Å². The van der Waals surface area contributed by atoms with E-state index in [0.29, 0.717) is 0 Å². The number of aromatic nitrogens is 6. The molecule has 0 aliphatic rings. The molecule has 0 spiro atoms. The van der Waals surface area contributed by atoms with E-state index in [9.17, 15) is 33.6 Å². The van der Waals surface area contributed by atoms with Gasteiger partial charge in [0.2, 0.25) is 0 Å². The Bertz CT molecular complexity index is 1470. The fourth-order valence-electron chi connectivity index (χ4n) is 2.12. The minimum Gasteiger partial charge on any atom is -0.478 e. The van der Waals surface area contributed by atoms with E-state index in [1.807, 2.05) is 4.98 Å². The summed E-state index contributed by atoms with van der Waals surface area (Å²) in [6.07, 6.45) is 3.18. The van der Waals surface area contributed by atoms with Crippen LogP contribution in [-0.2, 0) is 9.47 Å². The maximum atomic E-state index is 11.1. The van der Waals surface area contributed by atoms with Crippen LogP contribution in [-0.4, -0.2) is 66.1 Å². The Kier molecular flexibility index (Phi) is 11.6. The summed E-state index contributed by atoms with van der Waals surface area (Å²) in [6, 6.07) is 0. The molecule has 0 amide bonds. The van der Waals surface area contributed by atoms with Crippen LogP contribution in [0.25, 0.3) is 0 Å². The zero-order valence-electron chi connectivity index (χ0n) is 19.2. The lowest BCUT2D eigenvalue weighted by Gasteiger charge is -1.98. The Morgan fingerprint density at radius 3 is 1.84 bits per heavy atom. The van der Waals surface area contributed by atoms with Gasteiger partial charge in [0, 0.05) is 12.4 Å². The van der Waals surface area contributed by atoms with Gasteiger partial charge in [-0.15, -0.1) is 0 Å². The van der Waals surface area contributed by atoms with E-state index in [2.05, 4.69) is 46.6 Å². The van der Waals surface area contributed by atoms with Gasteiger partial charge in [-0.05, 0) is 26.1 Å². The van der Waals surface area contributed by atoms with Crippen molar-refractivity contribution >= 4 is 35.9 Å². The maximum absolute atomic E-state index is 11.1. The van der Waals surface area contributed by atoms with Gasteiger partial charge in [0.25, 0.3) is 11.1 Å². The van der Waals surface area contributed by atoms with Crippen LogP contribution in [0.1, 0.15) is 44.9 Å². The number of hydrogen-bond acceptors (Lipinski definition) is 12.